The van der Waals surface area contributed by atoms with Gasteiger partial charge < -0.3 is 15.3 Å². The number of hydrogen-bond donors (Lipinski definition) is 3. The Morgan fingerprint density at radius 1 is 1.16 bits per heavy atom. The fraction of sp³-hybridized carbons (Fsp3) is 0.133. The highest BCUT2D eigenvalue weighted by atomic mass is 15.0. The number of para-hydroxylation sites is 1. The third kappa shape index (κ3) is 2.18. The van der Waals surface area contributed by atoms with Gasteiger partial charge in [-0.05, 0) is 18.2 Å². The molecular formula is C15H14N4. The Morgan fingerprint density at radius 2 is 2.05 bits per heavy atom. The molecule has 0 radical (unpaired) electrons. The lowest BCUT2D eigenvalue weighted by Crippen LogP contribution is -2.06. The van der Waals surface area contributed by atoms with E-state index in [4.69, 9.17) is 0 Å². The van der Waals surface area contributed by atoms with Crippen LogP contribution in [0, 0.1) is 11.3 Å². The van der Waals surface area contributed by atoms with Crippen LogP contribution in [-0.4, -0.2) is 16.5 Å². The minimum absolute atomic E-state index is 0.682. The summed E-state index contributed by atoms with van der Waals surface area (Å²) in [6, 6.07) is 14.1. The molecule has 2 aromatic heterocycles. The summed E-state index contributed by atoms with van der Waals surface area (Å²) in [6.45, 7) is 0.780. The van der Waals surface area contributed by atoms with Crippen molar-refractivity contribution >= 4 is 16.7 Å². The predicted octanol–water partition coefficient (Wildman–Crippen LogP) is 3.02. The maximum absolute atomic E-state index is 9.27. The molecular weight excluding hydrogens is 236 g/mol. The van der Waals surface area contributed by atoms with Gasteiger partial charge in [0.2, 0.25) is 0 Å². The minimum Gasteiger partial charge on any atom is -0.370 e. The average Bonchev–Trinajstić information content (AvgIpc) is 3.05. The van der Waals surface area contributed by atoms with Gasteiger partial charge in [0.25, 0.3) is 0 Å². The van der Waals surface area contributed by atoms with E-state index in [-0.39, 0.29) is 0 Å². The summed E-state index contributed by atoms with van der Waals surface area (Å²) in [6.07, 6.45) is 2.81. The molecule has 0 saturated carbocycles. The molecule has 2 heterocycles. The summed E-state index contributed by atoms with van der Waals surface area (Å²) >= 11 is 0. The van der Waals surface area contributed by atoms with Crippen LogP contribution >= 0.6 is 0 Å². The SMILES string of the molecule is N#Cc1c(NCCc2ccc[nH]2)[nH]c2ccccc12. The normalized spacial score (nSPS) is 10.5. The van der Waals surface area contributed by atoms with E-state index in [1.165, 1.54) is 5.69 Å². The van der Waals surface area contributed by atoms with Crippen molar-refractivity contribution in [2.45, 2.75) is 6.42 Å². The van der Waals surface area contributed by atoms with Crippen LogP contribution in [-0.2, 0) is 6.42 Å². The van der Waals surface area contributed by atoms with Gasteiger partial charge in [-0.1, -0.05) is 18.2 Å². The van der Waals surface area contributed by atoms with Crippen LogP contribution in [0.2, 0.25) is 0 Å². The molecule has 1 aromatic carbocycles. The quantitative estimate of drug-likeness (QED) is 0.666. The molecule has 0 fully saturated rings. The highest BCUT2D eigenvalue weighted by Crippen LogP contribution is 2.25. The summed E-state index contributed by atoms with van der Waals surface area (Å²) in [5.74, 6) is 0.801. The summed E-state index contributed by atoms with van der Waals surface area (Å²) in [4.78, 5) is 6.41. The van der Waals surface area contributed by atoms with Crippen LogP contribution in [0.25, 0.3) is 10.9 Å². The number of H-pyrrole nitrogens is 2. The highest BCUT2D eigenvalue weighted by molar-refractivity contribution is 5.91. The van der Waals surface area contributed by atoms with Crippen molar-refractivity contribution in [3.63, 3.8) is 0 Å². The van der Waals surface area contributed by atoms with Crippen molar-refractivity contribution in [2.24, 2.45) is 0 Å². The van der Waals surface area contributed by atoms with Crippen LogP contribution < -0.4 is 5.32 Å². The number of rotatable bonds is 4. The van der Waals surface area contributed by atoms with E-state index in [2.05, 4.69) is 27.4 Å². The molecule has 0 saturated heterocycles. The number of nitrogens with zero attached hydrogens (tertiary/aromatic N) is 1. The molecule has 4 heteroatoms. The monoisotopic (exact) mass is 250 g/mol. The van der Waals surface area contributed by atoms with Gasteiger partial charge in [0.05, 0.1) is 0 Å². The zero-order valence-corrected chi connectivity index (χ0v) is 10.4. The number of anilines is 1. The Labute approximate surface area is 111 Å². The minimum atomic E-state index is 0.682. The number of nitriles is 1. The lowest BCUT2D eigenvalue weighted by atomic mass is 10.2. The molecule has 94 valence electrons. The number of aromatic amines is 2. The second-order valence-electron chi connectivity index (χ2n) is 4.40. The van der Waals surface area contributed by atoms with E-state index in [1.807, 2.05) is 36.5 Å². The first-order chi connectivity index (χ1) is 9.38. The van der Waals surface area contributed by atoms with Crippen molar-refractivity contribution in [3.8, 4) is 6.07 Å². The molecule has 19 heavy (non-hydrogen) atoms. The van der Waals surface area contributed by atoms with E-state index in [0.717, 1.165) is 29.7 Å². The molecule has 0 amide bonds. The number of aromatic nitrogens is 2. The highest BCUT2D eigenvalue weighted by Gasteiger charge is 2.09. The van der Waals surface area contributed by atoms with Crippen molar-refractivity contribution in [1.29, 1.82) is 5.26 Å². The van der Waals surface area contributed by atoms with Crippen molar-refractivity contribution in [3.05, 3.63) is 53.9 Å². The van der Waals surface area contributed by atoms with Crippen LogP contribution in [0.15, 0.2) is 42.6 Å². The average molecular weight is 250 g/mol. The van der Waals surface area contributed by atoms with Gasteiger partial charge >= 0.3 is 0 Å². The Balaban J connectivity index is 1.79. The molecule has 3 aromatic rings. The number of nitrogens with one attached hydrogen (secondary N) is 3. The van der Waals surface area contributed by atoms with Gasteiger partial charge in [-0.15, -0.1) is 0 Å². The Morgan fingerprint density at radius 3 is 2.84 bits per heavy atom. The lowest BCUT2D eigenvalue weighted by Gasteiger charge is -2.03. The lowest BCUT2D eigenvalue weighted by molar-refractivity contribution is 0.971. The zero-order valence-electron chi connectivity index (χ0n) is 10.4. The fourth-order valence-corrected chi connectivity index (χ4v) is 2.24. The molecule has 0 bridgehead atoms. The Hall–Kier alpha value is -2.67. The van der Waals surface area contributed by atoms with Gasteiger partial charge in [0, 0.05) is 35.8 Å². The van der Waals surface area contributed by atoms with E-state index in [0.29, 0.717) is 5.56 Å². The molecule has 0 unspecified atom stereocenters. The smallest absolute Gasteiger partial charge is 0.122 e. The maximum Gasteiger partial charge on any atom is 0.122 e. The third-order valence-electron chi connectivity index (χ3n) is 3.18. The first-order valence-corrected chi connectivity index (χ1v) is 6.25. The molecule has 0 spiro atoms. The van der Waals surface area contributed by atoms with Gasteiger partial charge in [-0.25, -0.2) is 0 Å². The fourth-order valence-electron chi connectivity index (χ4n) is 2.24. The van der Waals surface area contributed by atoms with Crippen molar-refractivity contribution in [1.82, 2.24) is 9.97 Å². The standard InChI is InChI=1S/C15H14N4/c16-10-13-12-5-1-2-6-14(12)19-15(13)18-9-7-11-4-3-8-17-11/h1-6,8,17-19H,7,9H2. The first kappa shape index (κ1) is 11.4. The number of hydrogen-bond acceptors (Lipinski definition) is 2. The second-order valence-corrected chi connectivity index (χ2v) is 4.40. The topological polar surface area (TPSA) is 67.4 Å². The maximum atomic E-state index is 9.27. The van der Waals surface area contributed by atoms with E-state index in [9.17, 15) is 5.26 Å². The number of fused-ring (bicyclic) bond motifs is 1. The van der Waals surface area contributed by atoms with Crippen LogP contribution in [0.3, 0.4) is 0 Å². The summed E-state index contributed by atoms with van der Waals surface area (Å²) in [7, 11) is 0. The van der Waals surface area contributed by atoms with Crippen molar-refractivity contribution < 1.29 is 0 Å². The van der Waals surface area contributed by atoms with Gasteiger partial charge in [0.15, 0.2) is 0 Å². The van der Waals surface area contributed by atoms with E-state index in [1.54, 1.807) is 0 Å². The van der Waals surface area contributed by atoms with Crippen LogP contribution in [0.1, 0.15) is 11.3 Å². The largest absolute Gasteiger partial charge is 0.370 e. The second kappa shape index (κ2) is 4.91. The van der Waals surface area contributed by atoms with E-state index < -0.39 is 0 Å². The predicted molar refractivity (Wildman–Crippen MR) is 76.0 cm³/mol. The van der Waals surface area contributed by atoms with E-state index >= 15 is 0 Å². The molecule has 0 aliphatic heterocycles. The Kier molecular flexibility index (Phi) is 2.95. The molecule has 3 rings (SSSR count). The third-order valence-corrected chi connectivity index (χ3v) is 3.18. The molecule has 4 nitrogen and oxygen atoms in total. The van der Waals surface area contributed by atoms with Crippen molar-refractivity contribution in [2.75, 3.05) is 11.9 Å². The number of benzene rings is 1. The summed E-state index contributed by atoms with van der Waals surface area (Å²) < 4.78 is 0. The van der Waals surface area contributed by atoms with Gasteiger partial charge in [-0.3, -0.25) is 0 Å². The zero-order chi connectivity index (χ0) is 13.1. The van der Waals surface area contributed by atoms with Crippen LogP contribution in [0.4, 0.5) is 5.82 Å². The molecule has 0 aliphatic carbocycles. The molecule has 3 N–H and O–H groups in total. The first-order valence-electron chi connectivity index (χ1n) is 6.25. The van der Waals surface area contributed by atoms with Crippen LogP contribution in [0.5, 0.6) is 0 Å². The summed E-state index contributed by atoms with van der Waals surface area (Å²) in [5, 5.41) is 13.5. The van der Waals surface area contributed by atoms with Gasteiger partial charge in [0.1, 0.15) is 17.5 Å². The molecule has 0 atom stereocenters. The molecule has 0 aliphatic rings. The van der Waals surface area contributed by atoms with Gasteiger partial charge in [-0.2, -0.15) is 5.26 Å². The summed E-state index contributed by atoms with van der Waals surface area (Å²) in [5.41, 5.74) is 2.85. The Bertz CT molecular complexity index is 716.